The maximum Gasteiger partial charge on any atom is 0.126 e. The van der Waals surface area contributed by atoms with Gasteiger partial charge in [-0.25, -0.2) is 0 Å². The minimum atomic E-state index is 0.752. The third-order valence-electron chi connectivity index (χ3n) is 4.04. The minimum absolute atomic E-state index is 0.752. The van der Waals surface area contributed by atoms with E-state index in [2.05, 4.69) is 70.7 Å². The SMILES string of the molecule is C=C(C)c1c(C)cccc1CC(C)=Cc1ccccc1OCCC. The lowest BCUT2D eigenvalue weighted by Crippen LogP contribution is -1.98. The fraction of sp³-hybridized carbons (Fsp3) is 0.304. The normalized spacial score (nSPS) is 11.4. The molecule has 0 radical (unpaired) electrons. The van der Waals surface area contributed by atoms with Crippen LogP contribution in [-0.4, -0.2) is 6.61 Å². The lowest BCUT2D eigenvalue weighted by atomic mass is 9.92. The summed E-state index contributed by atoms with van der Waals surface area (Å²) in [4.78, 5) is 0. The Bertz CT molecular complexity index is 737. The van der Waals surface area contributed by atoms with Gasteiger partial charge in [-0.2, -0.15) is 0 Å². The van der Waals surface area contributed by atoms with Gasteiger partial charge >= 0.3 is 0 Å². The highest BCUT2D eigenvalue weighted by Crippen LogP contribution is 2.26. The Balaban J connectivity index is 2.28. The van der Waals surface area contributed by atoms with Crippen molar-refractivity contribution in [3.05, 3.63) is 76.9 Å². The Labute approximate surface area is 146 Å². The van der Waals surface area contributed by atoms with Crippen molar-refractivity contribution in [1.82, 2.24) is 0 Å². The van der Waals surface area contributed by atoms with E-state index in [-0.39, 0.29) is 0 Å². The average molecular weight is 320 g/mol. The third-order valence-corrected chi connectivity index (χ3v) is 4.04. The molecular weight excluding hydrogens is 292 g/mol. The van der Waals surface area contributed by atoms with Crippen molar-refractivity contribution < 1.29 is 4.74 Å². The van der Waals surface area contributed by atoms with Crippen LogP contribution in [0.1, 0.15) is 49.4 Å². The van der Waals surface area contributed by atoms with Gasteiger partial charge in [-0.1, -0.05) is 67.1 Å². The molecule has 24 heavy (non-hydrogen) atoms. The molecule has 2 aromatic carbocycles. The van der Waals surface area contributed by atoms with E-state index >= 15 is 0 Å². The summed E-state index contributed by atoms with van der Waals surface area (Å²) in [7, 11) is 0. The van der Waals surface area contributed by atoms with Crippen molar-refractivity contribution in [2.24, 2.45) is 0 Å². The van der Waals surface area contributed by atoms with Crippen LogP contribution in [-0.2, 0) is 6.42 Å². The van der Waals surface area contributed by atoms with Crippen molar-refractivity contribution in [2.45, 2.75) is 40.5 Å². The maximum atomic E-state index is 5.86. The second kappa shape index (κ2) is 8.54. The van der Waals surface area contributed by atoms with E-state index in [9.17, 15) is 0 Å². The van der Waals surface area contributed by atoms with Crippen LogP contribution in [0.25, 0.3) is 11.6 Å². The highest BCUT2D eigenvalue weighted by Gasteiger charge is 2.08. The quantitative estimate of drug-likeness (QED) is 0.568. The van der Waals surface area contributed by atoms with Gasteiger partial charge in [-0.3, -0.25) is 0 Å². The van der Waals surface area contributed by atoms with Gasteiger partial charge < -0.3 is 4.74 Å². The first-order chi connectivity index (χ1) is 11.5. The number of allylic oxidation sites excluding steroid dienone is 2. The Morgan fingerprint density at radius 2 is 1.83 bits per heavy atom. The van der Waals surface area contributed by atoms with E-state index in [1.54, 1.807) is 0 Å². The molecule has 0 aliphatic carbocycles. The Morgan fingerprint density at radius 1 is 1.08 bits per heavy atom. The number of rotatable bonds is 7. The number of hydrogen-bond donors (Lipinski definition) is 0. The zero-order valence-corrected chi connectivity index (χ0v) is 15.4. The highest BCUT2D eigenvalue weighted by atomic mass is 16.5. The second-order valence-corrected chi connectivity index (χ2v) is 6.44. The number of para-hydroxylation sites is 1. The van der Waals surface area contributed by atoms with Gasteiger partial charge in [0.05, 0.1) is 6.61 Å². The Hall–Kier alpha value is -2.28. The monoisotopic (exact) mass is 320 g/mol. The van der Waals surface area contributed by atoms with Crippen molar-refractivity contribution in [2.75, 3.05) is 6.61 Å². The molecule has 0 spiro atoms. The van der Waals surface area contributed by atoms with Crippen LogP contribution in [0.15, 0.2) is 54.6 Å². The molecule has 0 saturated carbocycles. The van der Waals surface area contributed by atoms with E-state index < -0.39 is 0 Å². The molecule has 0 atom stereocenters. The van der Waals surface area contributed by atoms with E-state index in [1.165, 1.54) is 22.3 Å². The molecule has 1 heteroatoms. The van der Waals surface area contributed by atoms with E-state index in [0.29, 0.717) is 0 Å². The molecule has 2 aromatic rings. The number of aryl methyl sites for hydroxylation is 1. The van der Waals surface area contributed by atoms with Crippen molar-refractivity contribution in [1.29, 1.82) is 0 Å². The molecule has 0 bridgehead atoms. The molecule has 0 aromatic heterocycles. The Morgan fingerprint density at radius 3 is 2.54 bits per heavy atom. The lowest BCUT2D eigenvalue weighted by molar-refractivity contribution is 0.317. The minimum Gasteiger partial charge on any atom is -0.493 e. The van der Waals surface area contributed by atoms with Crippen LogP contribution in [0.3, 0.4) is 0 Å². The first kappa shape index (κ1) is 18.1. The molecule has 126 valence electrons. The zero-order valence-electron chi connectivity index (χ0n) is 15.4. The van der Waals surface area contributed by atoms with Crippen LogP contribution in [0.5, 0.6) is 5.75 Å². The first-order valence-corrected chi connectivity index (χ1v) is 8.66. The molecule has 0 aliphatic heterocycles. The number of benzene rings is 2. The van der Waals surface area contributed by atoms with E-state index in [4.69, 9.17) is 4.74 Å². The summed E-state index contributed by atoms with van der Waals surface area (Å²) in [6.07, 6.45) is 4.17. The zero-order chi connectivity index (χ0) is 17.5. The van der Waals surface area contributed by atoms with Crippen LogP contribution in [0.4, 0.5) is 0 Å². The topological polar surface area (TPSA) is 9.23 Å². The lowest BCUT2D eigenvalue weighted by Gasteiger charge is -2.13. The van der Waals surface area contributed by atoms with Crippen molar-refractivity contribution in [3.63, 3.8) is 0 Å². The summed E-state index contributed by atoms with van der Waals surface area (Å²) >= 11 is 0. The third kappa shape index (κ3) is 4.61. The van der Waals surface area contributed by atoms with Gasteiger partial charge in [-0.15, -0.1) is 0 Å². The first-order valence-electron chi connectivity index (χ1n) is 8.66. The van der Waals surface area contributed by atoms with E-state index in [1.807, 2.05) is 12.1 Å². The fourth-order valence-electron chi connectivity index (χ4n) is 3.05. The van der Waals surface area contributed by atoms with Gasteiger partial charge in [0.1, 0.15) is 5.75 Å². The van der Waals surface area contributed by atoms with Gasteiger partial charge in [0.15, 0.2) is 0 Å². The van der Waals surface area contributed by atoms with Gasteiger partial charge in [0, 0.05) is 5.56 Å². The van der Waals surface area contributed by atoms with Crippen molar-refractivity contribution in [3.8, 4) is 5.75 Å². The predicted molar refractivity (Wildman–Crippen MR) is 105 cm³/mol. The second-order valence-electron chi connectivity index (χ2n) is 6.44. The number of hydrogen-bond acceptors (Lipinski definition) is 1. The largest absolute Gasteiger partial charge is 0.493 e. The highest BCUT2D eigenvalue weighted by molar-refractivity contribution is 5.68. The predicted octanol–water partition coefficient (Wildman–Crippen LogP) is 6.46. The molecule has 0 saturated heterocycles. The number of ether oxygens (including phenoxy) is 1. The summed E-state index contributed by atoms with van der Waals surface area (Å²) in [6.45, 7) is 13.4. The van der Waals surface area contributed by atoms with Gasteiger partial charge in [-0.05, 0) is 56.4 Å². The van der Waals surface area contributed by atoms with Crippen LogP contribution in [0, 0.1) is 6.92 Å². The van der Waals surface area contributed by atoms with Crippen LogP contribution >= 0.6 is 0 Å². The summed E-state index contributed by atoms with van der Waals surface area (Å²) in [5.41, 5.74) is 7.51. The summed E-state index contributed by atoms with van der Waals surface area (Å²) < 4.78 is 5.86. The fourth-order valence-corrected chi connectivity index (χ4v) is 3.05. The van der Waals surface area contributed by atoms with Gasteiger partial charge in [0.2, 0.25) is 0 Å². The molecule has 0 heterocycles. The molecule has 2 rings (SSSR count). The molecular formula is C23H28O. The molecule has 0 unspecified atom stereocenters. The maximum absolute atomic E-state index is 5.86. The van der Waals surface area contributed by atoms with Crippen LogP contribution < -0.4 is 4.74 Å². The van der Waals surface area contributed by atoms with Crippen LogP contribution in [0.2, 0.25) is 0 Å². The molecule has 0 fully saturated rings. The summed E-state index contributed by atoms with van der Waals surface area (Å²) in [6, 6.07) is 14.7. The smallest absolute Gasteiger partial charge is 0.126 e. The summed E-state index contributed by atoms with van der Waals surface area (Å²) in [5.74, 6) is 0.961. The molecule has 0 amide bonds. The summed E-state index contributed by atoms with van der Waals surface area (Å²) in [5, 5.41) is 0. The molecule has 0 aliphatic rings. The standard InChI is InChI=1S/C23H28O/c1-6-14-24-22-13-8-7-11-20(22)15-18(4)16-21-12-9-10-19(5)23(21)17(2)3/h7-13,15H,2,6,14,16H2,1,3-5H3. The van der Waals surface area contributed by atoms with Gasteiger partial charge in [0.25, 0.3) is 0 Å². The average Bonchev–Trinajstić information content (AvgIpc) is 2.53. The molecule has 1 nitrogen and oxygen atoms in total. The molecule has 0 N–H and O–H groups in total. The van der Waals surface area contributed by atoms with Crippen molar-refractivity contribution >= 4 is 11.6 Å². The Kier molecular flexibility index (Phi) is 6.43. The van der Waals surface area contributed by atoms with E-state index in [0.717, 1.165) is 36.3 Å².